The van der Waals surface area contributed by atoms with Crippen molar-refractivity contribution in [2.24, 2.45) is 7.05 Å². The van der Waals surface area contributed by atoms with Gasteiger partial charge in [0.05, 0.1) is 5.69 Å². The van der Waals surface area contributed by atoms with Gasteiger partial charge in [0.15, 0.2) is 0 Å². The molecule has 1 N–H and O–H groups in total. The van der Waals surface area contributed by atoms with Gasteiger partial charge >= 0.3 is 0 Å². The summed E-state index contributed by atoms with van der Waals surface area (Å²) in [4.78, 5) is 6.62. The van der Waals surface area contributed by atoms with Gasteiger partial charge in [0.2, 0.25) is 0 Å². The van der Waals surface area contributed by atoms with Crippen LogP contribution in [0.4, 0.5) is 0 Å². The van der Waals surface area contributed by atoms with Crippen LogP contribution in [0.15, 0.2) is 36.5 Å². The summed E-state index contributed by atoms with van der Waals surface area (Å²) in [5, 5.41) is 10.8. The summed E-state index contributed by atoms with van der Waals surface area (Å²) in [7, 11) is 2.04. The van der Waals surface area contributed by atoms with Crippen molar-refractivity contribution in [3.63, 3.8) is 0 Å². The summed E-state index contributed by atoms with van der Waals surface area (Å²) in [6.07, 6.45) is 2.71. The van der Waals surface area contributed by atoms with Gasteiger partial charge < -0.3 is 9.67 Å². The highest BCUT2D eigenvalue weighted by molar-refractivity contribution is 5.24. The monoisotopic (exact) mass is 271 g/mol. The minimum absolute atomic E-state index is 0.682. The van der Waals surface area contributed by atoms with Crippen molar-refractivity contribution in [3.05, 3.63) is 53.6 Å². The van der Waals surface area contributed by atoms with Gasteiger partial charge in [0.25, 0.3) is 0 Å². The Morgan fingerprint density at radius 3 is 2.70 bits per heavy atom. The molecule has 0 saturated carbocycles. The molecule has 1 unspecified atom stereocenters. The van der Waals surface area contributed by atoms with Gasteiger partial charge in [-0.25, -0.2) is 4.98 Å². The Morgan fingerprint density at radius 1 is 1.30 bits per heavy atom. The third-order valence-electron chi connectivity index (χ3n) is 4.34. The number of aliphatic hydroxyl groups is 1. The lowest BCUT2D eigenvalue weighted by Crippen LogP contribution is -2.30. The highest BCUT2D eigenvalue weighted by Crippen LogP contribution is 2.32. The molecule has 1 fully saturated rings. The molecule has 4 nitrogen and oxygen atoms in total. The fourth-order valence-electron chi connectivity index (χ4n) is 2.92. The average Bonchev–Trinajstić information content (AvgIpc) is 2.99. The molecular formula is C16H21N3O. The molecule has 2 heterocycles. The van der Waals surface area contributed by atoms with Crippen LogP contribution < -0.4 is 0 Å². The molecule has 0 spiro atoms. The lowest BCUT2D eigenvalue weighted by atomic mass is 9.93. The molecule has 0 bridgehead atoms. The number of hydrogen-bond acceptors (Lipinski definition) is 3. The first kappa shape index (κ1) is 13.3. The molecule has 1 aromatic heterocycles. The summed E-state index contributed by atoms with van der Waals surface area (Å²) >= 11 is 0. The van der Waals surface area contributed by atoms with Gasteiger partial charge in [-0.15, -0.1) is 0 Å². The van der Waals surface area contributed by atoms with E-state index in [1.807, 2.05) is 50.5 Å². The first-order chi connectivity index (χ1) is 9.58. The van der Waals surface area contributed by atoms with Crippen molar-refractivity contribution in [1.82, 2.24) is 14.5 Å². The zero-order chi connectivity index (χ0) is 14.2. The molecule has 2 aromatic rings. The van der Waals surface area contributed by atoms with Crippen LogP contribution in [-0.2, 0) is 19.2 Å². The van der Waals surface area contributed by atoms with Crippen molar-refractivity contribution < 1.29 is 5.11 Å². The Kier molecular flexibility index (Phi) is 3.36. The van der Waals surface area contributed by atoms with Crippen molar-refractivity contribution in [2.75, 3.05) is 13.1 Å². The number of imidazole rings is 1. The Morgan fingerprint density at radius 2 is 2.05 bits per heavy atom. The van der Waals surface area contributed by atoms with Gasteiger partial charge in [0, 0.05) is 32.9 Å². The summed E-state index contributed by atoms with van der Waals surface area (Å²) in [6.45, 7) is 4.44. The topological polar surface area (TPSA) is 41.3 Å². The second kappa shape index (κ2) is 5.04. The van der Waals surface area contributed by atoms with E-state index in [4.69, 9.17) is 0 Å². The molecule has 0 radical (unpaired) electrons. The third kappa shape index (κ3) is 2.37. The average molecular weight is 271 g/mol. The quantitative estimate of drug-likeness (QED) is 0.926. The van der Waals surface area contributed by atoms with Crippen molar-refractivity contribution >= 4 is 0 Å². The number of rotatable bonds is 3. The standard InChI is InChI=1S/C16H21N3O/c1-13-17-10-15(18(13)2)11-19-9-8-16(20,12-19)14-6-4-3-5-7-14/h3-7,10,20H,8-9,11-12H2,1-2H3. The maximum absolute atomic E-state index is 10.8. The minimum Gasteiger partial charge on any atom is -0.384 e. The van der Waals surface area contributed by atoms with Crippen LogP contribution >= 0.6 is 0 Å². The van der Waals surface area contributed by atoms with E-state index in [2.05, 4.69) is 14.5 Å². The predicted molar refractivity (Wildman–Crippen MR) is 78.2 cm³/mol. The summed E-state index contributed by atoms with van der Waals surface area (Å²) in [6, 6.07) is 9.98. The fourth-order valence-corrected chi connectivity index (χ4v) is 2.92. The molecule has 1 atom stereocenters. The highest BCUT2D eigenvalue weighted by atomic mass is 16.3. The zero-order valence-corrected chi connectivity index (χ0v) is 12.1. The van der Waals surface area contributed by atoms with Crippen molar-refractivity contribution in [2.45, 2.75) is 25.5 Å². The first-order valence-corrected chi connectivity index (χ1v) is 7.06. The van der Waals surface area contributed by atoms with Gasteiger partial charge in [-0.1, -0.05) is 30.3 Å². The third-order valence-corrected chi connectivity index (χ3v) is 4.34. The van der Waals surface area contributed by atoms with E-state index in [9.17, 15) is 5.11 Å². The molecule has 0 aliphatic carbocycles. The number of β-amino-alcohol motifs (C(OH)–C–C–N with tert-alkyl or cyclic N) is 1. The second-order valence-electron chi connectivity index (χ2n) is 5.71. The molecule has 4 heteroatoms. The smallest absolute Gasteiger partial charge is 0.105 e. The van der Waals surface area contributed by atoms with E-state index in [0.717, 1.165) is 30.9 Å². The van der Waals surface area contributed by atoms with Crippen LogP contribution in [0.2, 0.25) is 0 Å². The maximum Gasteiger partial charge on any atom is 0.105 e. The van der Waals surface area contributed by atoms with Gasteiger partial charge in [-0.3, -0.25) is 4.90 Å². The van der Waals surface area contributed by atoms with E-state index in [1.165, 1.54) is 5.69 Å². The lowest BCUT2D eigenvalue weighted by Gasteiger charge is -2.24. The van der Waals surface area contributed by atoms with Crippen LogP contribution in [0, 0.1) is 6.92 Å². The van der Waals surface area contributed by atoms with Gasteiger partial charge in [-0.05, 0) is 18.9 Å². The van der Waals surface area contributed by atoms with Crippen LogP contribution in [0.1, 0.15) is 23.5 Å². The molecule has 1 aliphatic rings. The summed E-state index contributed by atoms with van der Waals surface area (Å²) < 4.78 is 2.11. The Hall–Kier alpha value is -1.65. The van der Waals surface area contributed by atoms with E-state index < -0.39 is 5.60 Å². The van der Waals surface area contributed by atoms with E-state index in [-0.39, 0.29) is 0 Å². The highest BCUT2D eigenvalue weighted by Gasteiger charge is 2.37. The number of hydrogen-bond donors (Lipinski definition) is 1. The molecule has 20 heavy (non-hydrogen) atoms. The Balaban J connectivity index is 1.72. The lowest BCUT2D eigenvalue weighted by molar-refractivity contribution is 0.0450. The Bertz CT molecular complexity index is 593. The molecule has 3 rings (SSSR count). The van der Waals surface area contributed by atoms with E-state index in [0.29, 0.717) is 6.54 Å². The molecule has 1 aliphatic heterocycles. The molecule has 0 amide bonds. The van der Waals surface area contributed by atoms with E-state index in [1.54, 1.807) is 0 Å². The van der Waals surface area contributed by atoms with Gasteiger partial charge in [-0.2, -0.15) is 0 Å². The summed E-state index contributed by atoms with van der Waals surface area (Å²) in [5.41, 5.74) is 1.50. The normalized spacial score (nSPS) is 23.4. The molecular weight excluding hydrogens is 250 g/mol. The van der Waals surface area contributed by atoms with Crippen molar-refractivity contribution in [3.8, 4) is 0 Å². The fraction of sp³-hybridized carbons (Fsp3) is 0.438. The Labute approximate surface area is 119 Å². The first-order valence-electron chi connectivity index (χ1n) is 7.06. The van der Waals surface area contributed by atoms with E-state index >= 15 is 0 Å². The van der Waals surface area contributed by atoms with Crippen LogP contribution in [0.3, 0.4) is 0 Å². The maximum atomic E-state index is 10.8. The number of likely N-dealkylation sites (tertiary alicyclic amines) is 1. The number of benzene rings is 1. The second-order valence-corrected chi connectivity index (χ2v) is 5.71. The minimum atomic E-state index is -0.713. The largest absolute Gasteiger partial charge is 0.384 e. The van der Waals surface area contributed by atoms with Crippen LogP contribution in [0.5, 0.6) is 0 Å². The van der Waals surface area contributed by atoms with Gasteiger partial charge in [0.1, 0.15) is 11.4 Å². The zero-order valence-electron chi connectivity index (χ0n) is 12.1. The molecule has 106 valence electrons. The van der Waals surface area contributed by atoms with Crippen molar-refractivity contribution in [1.29, 1.82) is 0 Å². The van der Waals surface area contributed by atoms with Crippen LogP contribution in [0.25, 0.3) is 0 Å². The predicted octanol–water partition coefficient (Wildman–Crippen LogP) is 1.82. The molecule has 1 saturated heterocycles. The van der Waals surface area contributed by atoms with Crippen LogP contribution in [-0.4, -0.2) is 32.6 Å². The number of aromatic nitrogens is 2. The number of nitrogens with zero attached hydrogens (tertiary/aromatic N) is 3. The SMILES string of the molecule is Cc1ncc(CN2CCC(O)(c3ccccc3)C2)n1C. The molecule has 1 aromatic carbocycles. The number of aryl methyl sites for hydroxylation is 1. The summed E-state index contributed by atoms with van der Waals surface area (Å²) in [5.74, 6) is 1.03.